The summed E-state index contributed by atoms with van der Waals surface area (Å²) in [6, 6.07) is 7.97. The summed E-state index contributed by atoms with van der Waals surface area (Å²) in [6.45, 7) is 0. The quantitative estimate of drug-likeness (QED) is 0.574. The Kier molecular flexibility index (Phi) is 4.66. The molecular formula is C18H18ClN3S2. The first-order valence-corrected chi connectivity index (χ1v) is 10.3. The number of hydrogen-bond donors (Lipinski definition) is 0. The monoisotopic (exact) mass is 375 g/mol. The number of rotatable bonds is 4. The van der Waals surface area contributed by atoms with Crippen molar-refractivity contribution in [1.29, 1.82) is 0 Å². The lowest BCUT2D eigenvalue weighted by atomic mass is 9.96. The van der Waals surface area contributed by atoms with Gasteiger partial charge in [-0.2, -0.15) is 0 Å². The van der Waals surface area contributed by atoms with Gasteiger partial charge in [-0.1, -0.05) is 35.5 Å². The Balaban J connectivity index is 1.55. The van der Waals surface area contributed by atoms with E-state index in [2.05, 4.69) is 39.3 Å². The smallest absolute Gasteiger partial charge is 0.191 e. The molecule has 3 aromatic rings. The standard InChI is InChI=1S/C18H18ClN3S2/c1-22-17(15-11-23-16-5-3-2-4-14(15)16)20-21-18(22)24-10-12-6-8-13(19)9-7-12/h6-9,11H,2-5,10H2,1H3. The van der Waals surface area contributed by atoms with Crippen LogP contribution in [0.15, 0.2) is 34.8 Å². The predicted octanol–water partition coefficient (Wildman–Crippen LogP) is 5.37. The van der Waals surface area contributed by atoms with Crippen molar-refractivity contribution in [1.82, 2.24) is 14.8 Å². The molecule has 24 heavy (non-hydrogen) atoms. The molecule has 2 aromatic heterocycles. The summed E-state index contributed by atoms with van der Waals surface area (Å²) < 4.78 is 2.12. The summed E-state index contributed by atoms with van der Waals surface area (Å²) in [5.41, 5.74) is 4.01. The van der Waals surface area contributed by atoms with E-state index < -0.39 is 0 Å². The van der Waals surface area contributed by atoms with Gasteiger partial charge in [-0.3, -0.25) is 0 Å². The van der Waals surface area contributed by atoms with Gasteiger partial charge in [0.15, 0.2) is 11.0 Å². The molecule has 0 amide bonds. The van der Waals surface area contributed by atoms with Crippen LogP contribution in [0.4, 0.5) is 0 Å². The molecule has 0 N–H and O–H groups in total. The lowest BCUT2D eigenvalue weighted by molar-refractivity contribution is 0.696. The molecule has 1 aliphatic carbocycles. The zero-order valence-electron chi connectivity index (χ0n) is 13.5. The summed E-state index contributed by atoms with van der Waals surface area (Å²) in [4.78, 5) is 1.54. The van der Waals surface area contributed by atoms with Gasteiger partial charge in [0.05, 0.1) is 0 Å². The van der Waals surface area contributed by atoms with Gasteiger partial charge in [0.2, 0.25) is 0 Å². The van der Waals surface area contributed by atoms with Gasteiger partial charge >= 0.3 is 0 Å². The summed E-state index contributed by atoms with van der Waals surface area (Å²) in [5, 5.41) is 12.9. The van der Waals surface area contributed by atoms with Gasteiger partial charge in [-0.05, 0) is 48.9 Å². The summed E-state index contributed by atoms with van der Waals surface area (Å²) in [6.07, 6.45) is 4.99. The fourth-order valence-electron chi connectivity index (χ4n) is 3.09. The molecule has 0 spiro atoms. The third kappa shape index (κ3) is 3.13. The fourth-order valence-corrected chi connectivity index (χ4v) is 5.20. The summed E-state index contributed by atoms with van der Waals surface area (Å²) in [5.74, 6) is 1.86. The molecule has 0 saturated carbocycles. The Labute approximate surface area is 155 Å². The van der Waals surface area contributed by atoms with Crippen LogP contribution in [0, 0.1) is 0 Å². The number of benzene rings is 1. The van der Waals surface area contributed by atoms with Crippen LogP contribution in [0.1, 0.15) is 28.8 Å². The molecule has 0 unspecified atom stereocenters. The second-order valence-corrected chi connectivity index (χ2v) is 8.38. The normalized spacial score (nSPS) is 13.9. The number of aryl methyl sites for hydroxylation is 1. The van der Waals surface area contributed by atoms with Crippen LogP contribution in [0.3, 0.4) is 0 Å². The minimum absolute atomic E-state index is 0.770. The van der Waals surface area contributed by atoms with E-state index in [9.17, 15) is 0 Å². The Morgan fingerprint density at radius 2 is 1.96 bits per heavy atom. The highest BCUT2D eigenvalue weighted by Gasteiger charge is 2.20. The van der Waals surface area contributed by atoms with Gasteiger partial charge < -0.3 is 4.57 Å². The molecule has 0 radical (unpaired) electrons. The molecule has 6 heteroatoms. The van der Waals surface area contributed by atoms with E-state index in [0.717, 1.165) is 21.8 Å². The number of thiophene rings is 1. The maximum atomic E-state index is 5.94. The first-order chi connectivity index (χ1) is 11.7. The van der Waals surface area contributed by atoms with E-state index in [1.807, 2.05) is 23.5 Å². The number of hydrogen-bond acceptors (Lipinski definition) is 4. The SMILES string of the molecule is Cn1c(SCc2ccc(Cl)cc2)nnc1-c1csc2c1CCCC2. The van der Waals surface area contributed by atoms with Gasteiger partial charge in [0.25, 0.3) is 0 Å². The molecular weight excluding hydrogens is 358 g/mol. The predicted molar refractivity (Wildman–Crippen MR) is 102 cm³/mol. The average molecular weight is 376 g/mol. The Morgan fingerprint density at radius 3 is 2.79 bits per heavy atom. The lowest BCUT2D eigenvalue weighted by Crippen LogP contribution is -2.02. The van der Waals surface area contributed by atoms with Crippen molar-refractivity contribution in [2.75, 3.05) is 0 Å². The third-order valence-corrected chi connectivity index (χ3v) is 6.85. The molecule has 0 bridgehead atoms. The largest absolute Gasteiger partial charge is 0.305 e. The summed E-state index contributed by atoms with van der Waals surface area (Å²) in [7, 11) is 2.06. The van der Waals surface area contributed by atoms with Gasteiger partial charge in [-0.25, -0.2) is 0 Å². The molecule has 0 aliphatic heterocycles. The minimum atomic E-state index is 0.770. The van der Waals surface area contributed by atoms with Crippen LogP contribution < -0.4 is 0 Å². The highest BCUT2D eigenvalue weighted by molar-refractivity contribution is 7.98. The van der Waals surface area contributed by atoms with Crippen molar-refractivity contribution in [3.8, 4) is 11.4 Å². The molecule has 0 saturated heterocycles. The van der Waals surface area contributed by atoms with Crippen LogP contribution in [0.5, 0.6) is 0 Å². The Morgan fingerprint density at radius 1 is 1.17 bits per heavy atom. The van der Waals surface area contributed by atoms with Crippen molar-refractivity contribution < 1.29 is 0 Å². The maximum Gasteiger partial charge on any atom is 0.191 e. The zero-order chi connectivity index (χ0) is 16.5. The van der Waals surface area contributed by atoms with Crippen molar-refractivity contribution >= 4 is 34.7 Å². The fraction of sp³-hybridized carbons (Fsp3) is 0.333. The van der Waals surface area contributed by atoms with Crippen molar-refractivity contribution in [3.05, 3.63) is 50.7 Å². The van der Waals surface area contributed by atoms with Crippen LogP contribution in [-0.2, 0) is 25.6 Å². The number of aromatic nitrogens is 3. The molecule has 1 aromatic carbocycles. The molecule has 2 heterocycles. The average Bonchev–Trinajstić information content (AvgIpc) is 3.18. The summed E-state index contributed by atoms with van der Waals surface area (Å²) >= 11 is 9.53. The van der Waals surface area contributed by atoms with Crippen molar-refractivity contribution in [3.63, 3.8) is 0 Å². The third-order valence-electron chi connectivity index (χ3n) is 4.42. The van der Waals surface area contributed by atoms with E-state index in [1.165, 1.54) is 47.3 Å². The minimum Gasteiger partial charge on any atom is -0.305 e. The van der Waals surface area contributed by atoms with E-state index in [1.54, 1.807) is 11.8 Å². The first kappa shape index (κ1) is 16.2. The van der Waals surface area contributed by atoms with Crippen LogP contribution >= 0.6 is 34.7 Å². The molecule has 4 rings (SSSR count). The highest BCUT2D eigenvalue weighted by atomic mass is 35.5. The molecule has 0 fully saturated rings. The van der Waals surface area contributed by atoms with Crippen LogP contribution in [0.2, 0.25) is 5.02 Å². The maximum absolute atomic E-state index is 5.94. The Bertz CT molecular complexity index is 852. The molecule has 3 nitrogen and oxygen atoms in total. The highest BCUT2D eigenvalue weighted by Crippen LogP contribution is 2.36. The van der Waals surface area contributed by atoms with Crippen LogP contribution in [-0.4, -0.2) is 14.8 Å². The Hall–Kier alpha value is -1.30. The second kappa shape index (κ2) is 6.90. The topological polar surface area (TPSA) is 30.7 Å². The van der Waals surface area contributed by atoms with E-state index in [-0.39, 0.29) is 0 Å². The lowest BCUT2D eigenvalue weighted by Gasteiger charge is -2.12. The zero-order valence-corrected chi connectivity index (χ0v) is 15.8. The van der Waals surface area contributed by atoms with Crippen molar-refractivity contribution in [2.45, 2.75) is 36.6 Å². The van der Waals surface area contributed by atoms with Gasteiger partial charge in [0.1, 0.15) is 0 Å². The number of halogens is 1. The second-order valence-electron chi connectivity index (χ2n) is 6.04. The number of thioether (sulfide) groups is 1. The molecule has 0 atom stereocenters. The van der Waals surface area contributed by atoms with Crippen LogP contribution in [0.25, 0.3) is 11.4 Å². The molecule has 124 valence electrons. The number of nitrogens with zero attached hydrogens (tertiary/aromatic N) is 3. The number of fused-ring (bicyclic) bond motifs is 1. The first-order valence-electron chi connectivity index (χ1n) is 8.08. The molecule has 1 aliphatic rings. The van der Waals surface area contributed by atoms with E-state index in [0.29, 0.717) is 0 Å². The van der Waals surface area contributed by atoms with Gasteiger partial charge in [0, 0.05) is 33.6 Å². The van der Waals surface area contributed by atoms with Crippen molar-refractivity contribution in [2.24, 2.45) is 7.05 Å². The van der Waals surface area contributed by atoms with Gasteiger partial charge in [-0.15, -0.1) is 21.5 Å². The van der Waals surface area contributed by atoms with E-state index in [4.69, 9.17) is 11.6 Å². The van der Waals surface area contributed by atoms with E-state index >= 15 is 0 Å².